The summed E-state index contributed by atoms with van der Waals surface area (Å²) < 4.78 is 0. The summed E-state index contributed by atoms with van der Waals surface area (Å²) in [5, 5.41) is 18.1. The summed E-state index contributed by atoms with van der Waals surface area (Å²) in [6, 6.07) is 10.6. The molecule has 2 N–H and O–H groups in total. The van der Waals surface area contributed by atoms with Gasteiger partial charge in [0.25, 0.3) is 5.91 Å². The van der Waals surface area contributed by atoms with Gasteiger partial charge in [-0.05, 0) is 47.2 Å². The maximum atomic E-state index is 13.6. The van der Waals surface area contributed by atoms with E-state index in [2.05, 4.69) is 15.3 Å². The maximum Gasteiger partial charge on any atom is 0.326 e. The first-order valence-corrected chi connectivity index (χ1v) is 11.8. The predicted molar refractivity (Wildman–Crippen MR) is 127 cm³/mol. The van der Waals surface area contributed by atoms with Crippen LogP contribution < -0.4 is 5.32 Å². The molecule has 2 aromatic rings. The standard InChI is InChI=1S/C25H29N5O4/c26-29-28-20-14-22(25(33)34)30(15-20)24(32)21(12-16-6-2-1-3-7-16)27-23(31)19-11-10-17-8-4-5-9-18(17)13-19/h4-5,8-11,13,16,20-22H,1-3,6-7,12,14-15H2,(H,27,31)(H,33,34)/t20-,21+,22-/m0/s1. The molecule has 1 aliphatic carbocycles. The Hall–Kier alpha value is -3.58. The fraction of sp³-hybridized carbons (Fsp3) is 0.480. The van der Waals surface area contributed by atoms with Crippen LogP contribution in [0.15, 0.2) is 47.6 Å². The molecule has 9 heteroatoms. The average molecular weight is 464 g/mol. The number of nitrogens with zero attached hydrogens (tertiary/aromatic N) is 4. The summed E-state index contributed by atoms with van der Waals surface area (Å²) >= 11 is 0. The molecule has 0 bridgehead atoms. The maximum absolute atomic E-state index is 13.6. The zero-order chi connectivity index (χ0) is 24.1. The molecule has 1 saturated carbocycles. The third-order valence-electron chi connectivity index (χ3n) is 6.97. The van der Waals surface area contributed by atoms with Crippen LogP contribution in [-0.2, 0) is 9.59 Å². The van der Waals surface area contributed by atoms with E-state index in [1.165, 1.54) is 11.3 Å². The number of amides is 2. The van der Waals surface area contributed by atoms with Gasteiger partial charge in [0.2, 0.25) is 5.91 Å². The Kier molecular flexibility index (Phi) is 7.33. The fourth-order valence-corrected chi connectivity index (χ4v) is 5.20. The molecule has 0 aromatic heterocycles. The van der Waals surface area contributed by atoms with Crippen LogP contribution in [0.2, 0.25) is 0 Å². The second-order valence-electron chi connectivity index (χ2n) is 9.27. The van der Waals surface area contributed by atoms with Gasteiger partial charge in [0, 0.05) is 17.0 Å². The Morgan fingerprint density at radius 1 is 1.12 bits per heavy atom. The molecule has 0 spiro atoms. The predicted octanol–water partition coefficient (Wildman–Crippen LogP) is 4.27. The van der Waals surface area contributed by atoms with Gasteiger partial charge in [-0.3, -0.25) is 9.59 Å². The molecule has 2 aliphatic rings. The molecule has 2 aromatic carbocycles. The number of nitrogens with one attached hydrogen (secondary N) is 1. The van der Waals surface area contributed by atoms with Gasteiger partial charge in [0.1, 0.15) is 12.1 Å². The van der Waals surface area contributed by atoms with Crippen LogP contribution in [0.1, 0.15) is 55.3 Å². The number of fused-ring (bicyclic) bond motifs is 1. The van der Waals surface area contributed by atoms with Crippen molar-refractivity contribution >= 4 is 28.6 Å². The second-order valence-corrected chi connectivity index (χ2v) is 9.27. The third-order valence-corrected chi connectivity index (χ3v) is 6.97. The Bertz CT molecular complexity index is 1120. The van der Waals surface area contributed by atoms with Crippen molar-refractivity contribution in [1.82, 2.24) is 10.2 Å². The first kappa shape index (κ1) is 23.6. The molecule has 1 saturated heterocycles. The van der Waals surface area contributed by atoms with Gasteiger partial charge in [-0.25, -0.2) is 4.79 Å². The largest absolute Gasteiger partial charge is 0.480 e. The minimum absolute atomic E-state index is 0.0346. The fourth-order valence-electron chi connectivity index (χ4n) is 5.20. The van der Waals surface area contributed by atoms with Crippen molar-refractivity contribution in [3.05, 3.63) is 58.5 Å². The van der Waals surface area contributed by atoms with Gasteiger partial charge in [0.15, 0.2) is 0 Å². The normalized spacial score (nSPS) is 21.6. The Morgan fingerprint density at radius 2 is 1.85 bits per heavy atom. The molecule has 2 amide bonds. The van der Waals surface area contributed by atoms with Crippen molar-refractivity contribution in [3.63, 3.8) is 0 Å². The van der Waals surface area contributed by atoms with Gasteiger partial charge in [-0.15, -0.1) is 0 Å². The number of hydrogen-bond acceptors (Lipinski definition) is 4. The zero-order valence-electron chi connectivity index (χ0n) is 19.0. The summed E-state index contributed by atoms with van der Waals surface area (Å²) in [6.45, 7) is 0.0346. The lowest BCUT2D eigenvalue weighted by Gasteiger charge is -2.31. The minimum Gasteiger partial charge on any atom is -0.480 e. The lowest BCUT2D eigenvalue weighted by atomic mass is 9.84. The van der Waals surface area contributed by atoms with Crippen molar-refractivity contribution in [1.29, 1.82) is 0 Å². The minimum atomic E-state index is -1.14. The first-order chi connectivity index (χ1) is 16.5. The highest BCUT2D eigenvalue weighted by Crippen LogP contribution is 2.29. The number of azide groups is 1. The van der Waals surface area contributed by atoms with E-state index in [-0.39, 0.29) is 18.9 Å². The highest BCUT2D eigenvalue weighted by molar-refractivity contribution is 6.01. The van der Waals surface area contributed by atoms with E-state index in [0.717, 1.165) is 36.5 Å². The highest BCUT2D eigenvalue weighted by atomic mass is 16.4. The smallest absolute Gasteiger partial charge is 0.326 e. The van der Waals surface area contributed by atoms with E-state index in [9.17, 15) is 19.5 Å². The number of likely N-dealkylation sites (tertiary alicyclic amines) is 1. The van der Waals surface area contributed by atoms with Crippen molar-refractivity contribution in [2.75, 3.05) is 6.54 Å². The molecular weight excluding hydrogens is 434 g/mol. The molecule has 34 heavy (non-hydrogen) atoms. The van der Waals surface area contributed by atoms with Crippen molar-refractivity contribution in [2.24, 2.45) is 11.0 Å². The van der Waals surface area contributed by atoms with Gasteiger partial charge >= 0.3 is 5.97 Å². The van der Waals surface area contributed by atoms with E-state index in [4.69, 9.17) is 5.53 Å². The van der Waals surface area contributed by atoms with Gasteiger partial charge < -0.3 is 15.3 Å². The Morgan fingerprint density at radius 3 is 2.56 bits per heavy atom. The van der Waals surface area contributed by atoms with Crippen LogP contribution in [-0.4, -0.2) is 52.5 Å². The SMILES string of the molecule is [N-]=[N+]=N[C@H]1C[C@@H](C(=O)O)N(C(=O)[C@@H](CC2CCCCC2)NC(=O)c2ccc3ccccc3c2)C1. The number of benzene rings is 2. The number of carboxylic acid groups (broad SMARTS) is 1. The van der Waals surface area contributed by atoms with E-state index in [1.807, 2.05) is 30.3 Å². The molecule has 178 valence electrons. The summed E-state index contributed by atoms with van der Waals surface area (Å²) in [5.74, 6) is -1.64. The summed E-state index contributed by atoms with van der Waals surface area (Å²) in [4.78, 5) is 42.6. The molecule has 0 radical (unpaired) electrons. The molecule has 1 aliphatic heterocycles. The Labute approximate surface area is 197 Å². The van der Waals surface area contributed by atoms with Gasteiger partial charge in [-0.2, -0.15) is 0 Å². The number of aliphatic carboxylic acids is 1. The van der Waals surface area contributed by atoms with E-state index in [1.54, 1.807) is 12.1 Å². The van der Waals surface area contributed by atoms with E-state index in [0.29, 0.717) is 17.9 Å². The highest BCUT2D eigenvalue weighted by Gasteiger charge is 2.42. The molecular formula is C25H29N5O4. The Balaban J connectivity index is 1.57. The third kappa shape index (κ3) is 5.31. The van der Waals surface area contributed by atoms with Gasteiger partial charge in [0.05, 0.1) is 6.04 Å². The molecule has 3 atom stereocenters. The van der Waals surface area contributed by atoms with Gasteiger partial charge in [-0.1, -0.05) is 67.6 Å². The summed E-state index contributed by atoms with van der Waals surface area (Å²) in [7, 11) is 0. The summed E-state index contributed by atoms with van der Waals surface area (Å²) in [6.07, 6.45) is 5.85. The monoisotopic (exact) mass is 463 g/mol. The van der Waals surface area contributed by atoms with Crippen molar-refractivity contribution < 1.29 is 19.5 Å². The lowest BCUT2D eigenvalue weighted by molar-refractivity contribution is -0.149. The van der Waals surface area contributed by atoms with Crippen LogP contribution in [0.4, 0.5) is 0 Å². The van der Waals surface area contributed by atoms with Crippen LogP contribution in [0, 0.1) is 5.92 Å². The first-order valence-electron chi connectivity index (χ1n) is 11.8. The summed E-state index contributed by atoms with van der Waals surface area (Å²) in [5.41, 5.74) is 9.22. The molecule has 2 fully saturated rings. The zero-order valence-corrected chi connectivity index (χ0v) is 19.0. The second kappa shape index (κ2) is 10.6. The molecule has 9 nitrogen and oxygen atoms in total. The van der Waals surface area contributed by atoms with Crippen LogP contribution in [0.3, 0.4) is 0 Å². The topological polar surface area (TPSA) is 135 Å². The van der Waals surface area contributed by atoms with Crippen LogP contribution in [0.5, 0.6) is 0 Å². The quantitative estimate of drug-likeness (QED) is 0.360. The van der Waals surface area contributed by atoms with Crippen LogP contribution >= 0.6 is 0 Å². The molecule has 4 rings (SSSR count). The number of rotatable bonds is 7. The number of carbonyl (C=O) groups is 3. The number of hydrogen-bond donors (Lipinski definition) is 2. The molecule has 1 heterocycles. The molecule has 0 unspecified atom stereocenters. The van der Waals surface area contributed by atoms with Crippen molar-refractivity contribution in [3.8, 4) is 0 Å². The average Bonchev–Trinajstić information content (AvgIpc) is 3.28. The van der Waals surface area contributed by atoms with Crippen molar-refractivity contribution in [2.45, 2.75) is 63.1 Å². The number of carboxylic acids is 1. The number of carbonyl (C=O) groups excluding carboxylic acids is 2. The van der Waals surface area contributed by atoms with E-state index < -0.39 is 30.0 Å². The van der Waals surface area contributed by atoms with Crippen LogP contribution in [0.25, 0.3) is 21.2 Å². The van der Waals surface area contributed by atoms with E-state index >= 15 is 0 Å². The lowest BCUT2D eigenvalue weighted by Crippen LogP contribution is -2.52.